The molecule has 4 N–H and O–H groups in total. The number of anilines is 4. The van der Waals surface area contributed by atoms with E-state index in [-0.39, 0.29) is 18.6 Å². The number of aliphatic hydroxyl groups excluding tert-OH is 1. The number of hydrogen-bond donors (Lipinski definition) is 4. The van der Waals surface area contributed by atoms with Crippen molar-refractivity contribution in [3.05, 3.63) is 70.9 Å². The summed E-state index contributed by atoms with van der Waals surface area (Å²) < 4.78 is 0. The number of hydrogen-bond acceptors (Lipinski definition) is 9. The number of benzene rings is 2. The van der Waals surface area contributed by atoms with Crippen LogP contribution in [-0.2, 0) is 11.2 Å². The van der Waals surface area contributed by atoms with Gasteiger partial charge in [0, 0.05) is 24.0 Å². The van der Waals surface area contributed by atoms with E-state index >= 15 is 0 Å². The van der Waals surface area contributed by atoms with Crippen LogP contribution >= 0.6 is 11.3 Å². The Morgan fingerprint density at radius 2 is 2.00 bits per heavy atom. The molecule has 5 rings (SSSR count). The number of nitrogens with zero attached hydrogens (tertiary/aromatic N) is 4. The van der Waals surface area contributed by atoms with E-state index in [2.05, 4.69) is 31.1 Å². The van der Waals surface area contributed by atoms with Crippen molar-refractivity contribution >= 4 is 40.4 Å². The van der Waals surface area contributed by atoms with Crippen molar-refractivity contribution in [1.29, 1.82) is 0 Å². The van der Waals surface area contributed by atoms with Crippen LogP contribution in [0.25, 0.3) is 10.6 Å². The summed E-state index contributed by atoms with van der Waals surface area (Å²) in [5, 5.41) is 29.5. The second-order valence-electron chi connectivity index (χ2n) is 7.92. The minimum absolute atomic E-state index is 0.0339. The molecule has 0 fully saturated rings. The van der Waals surface area contributed by atoms with Crippen LogP contribution in [0.1, 0.15) is 28.6 Å². The minimum Gasteiger partial charge on any atom is -0.394 e. The molecule has 1 atom stereocenters. The third-order valence-electron chi connectivity index (χ3n) is 5.50. The lowest BCUT2D eigenvalue weighted by molar-refractivity contribution is -0.116. The Morgan fingerprint density at radius 3 is 2.76 bits per heavy atom. The lowest BCUT2D eigenvalue weighted by atomic mass is 10.0. The van der Waals surface area contributed by atoms with Gasteiger partial charge in [-0.3, -0.25) is 4.79 Å². The molecule has 0 aliphatic carbocycles. The van der Waals surface area contributed by atoms with Gasteiger partial charge in [-0.2, -0.15) is 4.98 Å². The van der Waals surface area contributed by atoms with Gasteiger partial charge in [-0.05, 0) is 42.7 Å². The molecule has 2 aromatic heterocycles. The van der Waals surface area contributed by atoms with E-state index in [1.807, 2.05) is 55.5 Å². The van der Waals surface area contributed by atoms with Crippen molar-refractivity contribution in [2.24, 2.45) is 0 Å². The van der Waals surface area contributed by atoms with E-state index in [4.69, 9.17) is 4.98 Å². The predicted molar refractivity (Wildman–Crippen MR) is 132 cm³/mol. The largest absolute Gasteiger partial charge is 0.394 e. The van der Waals surface area contributed by atoms with Gasteiger partial charge in [0.15, 0.2) is 5.01 Å². The second kappa shape index (κ2) is 9.54. The Balaban J connectivity index is 1.47. The van der Waals surface area contributed by atoms with Gasteiger partial charge >= 0.3 is 0 Å². The molecule has 1 amide bonds. The highest BCUT2D eigenvalue weighted by molar-refractivity contribution is 7.14. The lowest BCUT2D eigenvalue weighted by Crippen LogP contribution is -2.19. The smallest absolute Gasteiger partial charge is 0.229 e. The molecule has 4 aromatic rings. The van der Waals surface area contributed by atoms with E-state index < -0.39 is 0 Å². The van der Waals surface area contributed by atoms with Crippen LogP contribution in [0.5, 0.6) is 0 Å². The molecule has 0 spiro atoms. The minimum atomic E-state index is -0.357. The first kappa shape index (κ1) is 21.9. The van der Waals surface area contributed by atoms with Crippen LogP contribution in [0.4, 0.5) is 23.1 Å². The molecule has 3 heterocycles. The molecule has 10 heteroatoms. The van der Waals surface area contributed by atoms with Gasteiger partial charge in [-0.25, -0.2) is 4.98 Å². The number of carbonyl (C=O) groups is 1. The summed E-state index contributed by atoms with van der Waals surface area (Å²) in [7, 11) is 0. The van der Waals surface area contributed by atoms with E-state index in [1.54, 1.807) is 6.20 Å². The predicted octanol–water partition coefficient (Wildman–Crippen LogP) is 4.08. The maximum atomic E-state index is 11.6. The average Bonchev–Trinajstić information content (AvgIpc) is 3.29. The fourth-order valence-corrected chi connectivity index (χ4v) is 4.49. The third-order valence-corrected chi connectivity index (χ3v) is 6.37. The topological polar surface area (TPSA) is 125 Å². The van der Waals surface area contributed by atoms with Crippen molar-refractivity contribution in [3.63, 3.8) is 0 Å². The van der Waals surface area contributed by atoms with Crippen molar-refractivity contribution in [3.8, 4) is 10.6 Å². The Hall–Kier alpha value is -3.89. The van der Waals surface area contributed by atoms with E-state index in [0.29, 0.717) is 35.2 Å². The number of aliphatic hydroxyl groups is 1. The quantitative estimate of drug-likeness (QED) is 0.316. The zero-order valence-electron chi connectivity index (χ0n) is 18.4. The van der Waals surface area contributed by atoms with Gasteiger partial charge in [0.2, 0.25) is 11.9 Å². The van der Waals surface area contributed by atoms with E-state index in [9.17, 15) is 9.90 Å². The maximum Gasteiger partial charge on any atom is 0.229 e. The molecule has 2 aromatic carbocycles. The fraction of sp³-hybridized carbons (Fsp3) is 0.208. The lowest BCUT2D eigenvalue weighted by Gasteiger charge is -2.20. The van der Waals surface area contributed by atoms with E-state index in [0.717, 1.165) is 27.5 Å². The van der Waals surface area contributed by atoms with Gasteiger partial charge in [-0.1, -0.05) is 41.7 Å². The molecule has 172 valence electrons. The summed E-state index contributed by atoms with van der Waals surface area (Å²) in [5.74, 6) is 0.977. The van der Waals surface area contributed by atoms with Crippen LogP contribution in [0.3, 0.4) is 0 Å². The molecule has 0 radical (unpaired) electrons. The second-order valence-corrected chi connectivity index (χ2v) is 9.10. The SMILES string of the molecule is Cc1nnc(-c2cnc(Nc3ccc4c(c3)CCC(=O)N4)nc2N[C@H](CO)c2ccccc2)s1. The highest BCUT2D eigenvalue weighted by atomic mass is 32.1. The van der Waals surface area contributed by atoms with Crippen LogP contribution in [0, 0.1) is 6.92 Å². The number of carbonyl (C=O) groups excluding carboxylic acids is 1. The molecule has 0 bridgehead atoms. The summed E-state index contributed by atoms with van der Waals surface area (Å²) in [6.45, 7) is 1.78. The first-order chi connectivity index (χ1) is 16.6. The number of fused-ring (bicyclic) bond motifs is 1. The van der Waals surface area contributed by atoms with Crippen LogP contribution < -0.4 is 16.0 Å². The summed E-state index contributed by atoms with van der Waals surface area (Å²) in [6, 6.07) is 15.1. The van der Waals surface area contributed by atoms with Crippen molar-refractivity contribution < 1.29 is 9.90 Å². The third kappa shape index (κ3) is 4.73. The number of aromatic nitrogens is 4. The highest BCUT2D eigenvalue weighted by Crippen LogP contribution is 2.32. The summed E-state index contributed by atoms with van der Waals surface area (Å²) >= 11 is 1.45. The molecular formula is C24H23N7O2S. The maximum absolute atomic E-state index is 11.6. The number of amides is 1. The van der Waals surface area contributed by atoms with Crippen molar-refractivity contribution in [2.45, 2.75) is 25.8 Å². The number of rotatable bonds is 7. The zero-order chi connectivity index (χ0) is 23.5. The van der Waals surface area contributed by atoms with Crippen LogP contribution in [-0.4, -0.2) is 37.8 Å². The standard InChI is InChI=1S/C24H23N7O2S/c1-14-30-31-23(34-14)18-12-25-24(26-17-8-9-19-16(11-17)7-10-21(33)27-19)29-22(18)28-20(13-32)15-5-3-2-4-6-15/h2-6,8-9,11-12,20,32H,7,10,13H2,1H3,(H,27,33)(H2,25,26,28,29)/t20-/m1/s1. The summed E-state index contributed by atoms with van der Waals surface area (Å²) in [6.07, 6.45) is 2.86. The monoisotopic (exact) mass is 473 g/mol. The van der Waals surface area contributed by atoms with Gasteiger partial charge in [0.25, 0.3) is 0 Å². The Labute approximate surface area is 200 Å². The van der Waals surface area contributed by atoms with Crippen LogP contribution in [0.2, 0.25) is 0 Å². The fourth-order valence-electron chi connectivity index (χ4n) is 3.79. The molecule has 0 unspecified atom stereocenters. The first-order valence-electron chi connectivity index (χ1n) is 10.9. The first-order valence-corrected chi connectivity index (χ1v) is 11.7. The molecular weight excluding hydrogens is 450 g/mol. The van der Waals surface area contributed by atoms with Gasteiger partial charge in [0.05, 0.1) is 18.2 Å². The average molecular weight is 474 g/mol. The molecule has 0 saturated carbocycles. The zero-order valence-corrected chi connectivity index (χ0v) is 19.3. The summed E-state index contributed by atoms with van der Waals surface area (Å²) in [5.41, 5.74) is 4.36. The van der Waals surface area contributed by atoms with Gasteiger partial charge in [-0.15, -0.1) is 10.2 Å². The number of aryl methyl sites for hydroxylation is 2. The van der Waals surface area contributed by atoms with Crippen LogP contribution in [0.15, 0.2) is 54.7 Å². The molecule has 1 aliphatic rings. The highest BCUT2D eigenvalue weighted by Gasteiger charge is 2.19. The Morgan fingerprint density at radius 1 is 1.15 bits per heavy atom. The van der Waals surface area contributed by atoms with Gasteiger partial charge < -0.3 is 21.1 Å². The normalized spacial score (nSPS) is 13.6. The molecule has 1 aliphatic heterocycles. The molecule has 34 heavy (non-hydrogen) atoms. The van der Waals surface area contributed by atoms with Gasteiger partial charge in [0.1, 0.15) is 10.8 Å². The van der Waals surface area contributed by atoms with Crippen molar-refractivity contribution in [1.82, 2.24) is 20.2 Å². The molecule has 0 saturated heterocycles. The van der Waals surface area contributed by atoms with E-state index in [1.165, 1.54) is 11.3 Å². The number of nitrogens with one attached hydrogen (secondary N) is 3. The van der Waals surface area contributed by atoms with Crippen molar-refractivity contribution in [2.75, 3.05) is 22.6 Å². The Bertz CT molecular complexity index is 1330. The Kier molecular flexibility index (Phi) is 6.15. The summed E-state index contributed by atoms with van der Waals surface area (Å²) in [4.78, 5) is 20.8. The molecule has 9 nitrogen and oxygen atoms in total.